The fourth-order valence-corrected chi connectivity index (χ4v) is 3.40. The van der Waals surface area contributed by atoms with Crippen LogP contribution in [0.1, 0.15) is 17.5 Å². The molecule has 0 N–H and O–H groups in total. The molecule has 5 heteroatoms. The maximum absolute atomic E-state index is 12.9. The molecule has 0 saturated carbocycles. The zero-order chi connectivity index (χ0) is 18.3. The van der Waals surface area contributed by atoms with Crippen molar-refractivity contribution in [1.82, 2.24) is 4.31 Å². The van der Waals surface area contributed by atoms with Crippen LogP contribution in [0.2, 0.25) is 0 Å². The van der Waals surface area contributed by atoms with Gasteiger partial charge in [0.25, 0.3) is 10.0 Å². The van der Waals surface area contributed by atoms with Crippen molar-refractivity contribution in [2.75, 3.05) is 13.7 Å². The summed E-state index contributed by atoms with van der Waals surface area (Å²) < 4.78 is 32.2. The summed E-state index contributed by atoms with van der Waals surface area (Å²) in [6.45, 7) is 5.80. The van der Waals surface area contributed by atoms with Crippen molar-refractivity contribution in [3.05, 3.63) is 72.3 Å². The van der Waals surface area contributed by atoms with Gasteiger partial charge in [-0.15, -0.1) is 6.58 Å². The molecule has 0 amide bonds. The fourth-order valence-electron chi connectivity index (χ4n) is 2.15. The quantitative estimate of drug-likeness (QED) is 0.452. The summed E-state index contributed by atoms with van der Waals surface area (Å²) >= 11 is 0. The number of sulfonamides is 1. The minimum Gasteiger partial charge on any atom is -0.495 e. The van der Waals surface area contributed by atoms with Crippen LogP contribution >= 0.6 is 0 Å². The highest BCUT2D eigenvalue weighted by Gasteiger charge is 2.21. The Bertz CT molecular complexity index is 891. The molecule has 0 saturated heterocycles. The van der Waals surface area contributed by atoms with Gasteiger partial charge in [-0.3, -0.25) is 0 Å². The van der Waals surface area contributed by atoms with E-state index in [0.29, 0.717) is 17.7 Å². The number of nitrogens with zero attached hydrogens (tertiary/aromatic N) is 1. The number of rotatable bonds is 6. The Morgan fingerprint density at radius 2 is 1.84 bits per heavy atom. The number of para-hydroxylation sites is 1. The van der Waals surface area contributed by atoms with Gasteiger partial charge in [0.2, 0.25) is 0 Å². The van der Waals surface area contributed by atoms with Crippen LogP contribution in [0.5, 0.6) is 5.75 Å². The maximum atomic E-state index is 12.9. The Morgan fingerprint density at radius 1 is 1.16 bits per heavy atom. The van der Waals surface area contributed by atoms with E-state index in [9.17, 15) is 8.42 Å². The molecule has 25 heavy (non-hydrogen) atoms. The summed E-state index contributed by atoms with van der Waals surface area (Å²) in [6, 6.07) is 16.7. The van der Waals surface area contributed by atoms with E-state index in [0.717, 1.165) is 9.87 Å². The Balaban J connectivity index is 2.41. The number of methoxy groups -OCH3 is 1. The van der Waals surface area contributed by atoms with Gasteiger partial charge in [0.15, 0.2) is 0 Å². The predicted octanol–water partition coefficient (Wildman–Crippen LogP) is 3.58. The topological polar surface area (TPSA) is 46.6 Å². The smallest absolute Gasteiger partial charge is 0.270 e. The van der Waals surface area contributed by atoms with E-state index in [-0.39, 0.29) is 11.4 Å². The highest BCUT2D eigenvalue weighted by molar-refractivity contribution is 7.89. The van der Waals surface area contributed by atoms with Gasteiger partial charge in [-0.05, 0) is 43.5 Å². The number of hydrogen-bond acceptors (Lipinski definition) is 3. The molecule has 0 unspecified atom stereocenters. The van der Waals surface area contributed by atoms with Gasteiger partial charge in [-0.25, -0.2) is 12.7 Å². The van der Waals surface area contributed by atoms with E-state index in [1.807, 2.05) is 19.1 Å². The normalized spacial score (nSPS) is 10.5. The highest BCUT2D eigenvalue weighted by Crippen LogP contribution is 2.18. The highest BCUT2D eigenvalue weighted by atomic mass is 32.2. The van der Waals surface area contributed by atoms with Crippen LogP contribution in [0, 0.1) is 18.9 Å². The molecule has 130 valence electrons. The van der Waals surface area contributed by atoms with Crippen molar-refractivity contribution in [1.29, 1.82) is 0 Å². The van der Waals surface area contributed by atoms with E-state index < -0.39 is 10.0 Å². The van der Waals surface area contributed by atoms with Crippen molar-refractivity contribution >= 4 is 10.0 Å². The van der Waals surface area contributed by atoms with Crippen LogP contribution in [-0.4, -0.2) is 26.4 Å². The number of ether oxygens (including phenoxy) is 1. The molecule has 2 rings (SSSR count). The minimum absolute atomic E-state index is 0.219. The fraction of sp³-hybridized carbons (Fsp3) is 0.200. The molecule has 2 aromatic rings. The lowest BCUT2D eigenvalue weighted by Gasteiger charge is -2.17. The van der Waals surface area contributed by atoms with Crippen molar-refractivity contribution < 1.29 is 13.2 Å². The lowest BCUT2D eigenvalue weighted by atomic mass is 10.2. The van der Waals surface area contributed by atoms with Crippen LogP contribution in [-0.2, 0) is 10.0 Å². The van der Waals surface area contributed by atoms with Gasteiger partial charge in [0.05, 0.1) is 17.6 Å². The van der Waals surface area contributed by atoms with Gasteiger partial charge in [-0.1, -0.05) is 35.9 Å². The van der Waals surface area contributed by atoms with Crippen molar-refractivity contribution in [3.8, 4) is 17.7 Å². The third kappa shape index (κ3) is 4.65. The van der Waals surface area contributed by atoms with E-state index in [2.05, 4.69) is 18.5 Å². The van der Waals surface area contributed by atoms with Crippen molar-refractivity contribution in [3.63, 3.8) is 0 Å². The van der Waals surface area contributed by atoms with E-state index in [4.69, 9.17) is 4.74 Å². The minimum atomic E-state index is -3.71. The molecule has 0 heterocycles. The van der Waals surface area contributed by atoms with Gasteiger partial charge in [-0.2, -0.15) is 0 Å². The average molecular weight is 355 g/mol. The molecule has 0 aliphatic carbocycles. The van der Waals surface area contributed by atoms with Crippen LogP contribution in [0.4, 0.5) is 0 Å². The summed E-state index contributed by atoms with van der Waals surface area (Å²) in [7, 11) is -2.15. The Morgan fingerprint density at radius 3 is 2.48 bits per heavy atom. The lowest BCUT2D eigenvalue weighted by molar-refractivity contribution is 0.413. The molecule has 0 atom stereocenters. The maximum Gasteiger partial charge on any atom is 0.270 e. The molecule has 0 aliphatic heterocycles. The van der Waals surface area contributed by atoms with Crippen molar-refractivity contribution in [2.24, 2.45) is 0 Å². The second-order valence-corrected chi connectivity index (χ2v) is 7.27. The van der Waals surface area contributed by atoms with E-state index >= 15 is 0 Å². The van der Waals surface area contributed by atoms with Gasteiger partial charge < -0.3 is 4.74 Å². The van der Waals surface area contributed by atoms with Crippen LogP contribution in [0.15, 0.2) is 66.1 Å². The van der Waals surface area contributed by atoms with Gasteiger partial charge in [0.1, 0.15) is 5.75 Å². The average Bonchev–Trinajstić information content (AvgIpc) is 2.62. The molecule has 0 aliphatic rings. The third-order valence-electron chi connectivity index (χ3n) is 3.57. The molecule has 2 aromatic carbocycles. The SMILES string of the molecule is C=CCCN(C#Cc1ccccc1OC)S(=O)(=O)c1ccc(C)cc1. The first kappa shape index (κ1) is 18.6. The molecule has 0 spiro atoms. The summed E-state index contributed by atoms with van der Waals surface area (Å²) in [6.07, 6.45) is 2.17. The Hall–Kier alpha value is -2.71. The largest absolute Gasteiger partial charge is 0.495 e. The molecular weight excluding hydrogens is 334 g/mol. The predicted molar refractivity (Wildman–Crippen MR) is 99.8 cm³/mol. The number of aryl methyl sites for hydroxylation is 1. The first-order valence-corrected chi connectivity index (χ1v) is 9.28. The van der Waals surface area contributed by atoms with Crippen LogP contribution in [0.25, 0.3) is 0 Å². The molecule has 4 nitrogen and oxygen atoms in total. The Labute approximate surface area is 149 Å². The molecule has 0 fully saturated rings. The second kappa shape index (κ2) is 8.41. The van der Waals surface area contributed by atoms with Gasteiger partial charge in [0, 0.05) is 12.6 Å². The van der Waals surface area contributed by atoms with E-state index in [1.165, 1.54) is 0 Å². The molecule has 0 aromatic heterocycles. The van der Waals surface area contributed by atoms with Gasteiger partial charge >= 0.3 is 0 Å². The zero-order valence-electron chi connectivity index (χ0n) is 14.4. The second-order valence-electron chi connectivity index (χ2n) is 5.40. The summed E-state index contributed by atoms with van der Waals surface area (Å²) in [5.74, 6) is 3.50. The third-order valence-corrected chi connectivity index (χ3v) is 5.29. The van der Waals surface area contributed by atoms with E-state index in [1.54, 1.807) is 49.6 Å². The monoisotopic (exact) mass is 355 g/mol. The number of benzene rings is 2. The lowest BCUT2D eigenvalue weighted by Crippen LogP contribution is -2.27. The van der Waals surface area contributed by atoms with Crippen LogP contribution < -0.4 is 4.74 Å². The zero-order valence-corrected chi connectivity index (χ0v) is 15.2. The summed E-state index contributed by atoms with van der Waals surface area (Å²) in [5, 5.41) is 0. The molecule has 0 radical (unpaired) electrons. The first-order chi connectivity index (χ1) is 12.0. The standard InChI is InChI=1S/C20H21NO3S/c1-4-5-15-21(16-14-18-8-6-7-9-20(18)24-3)25(22,23)19-12-10-17(2)11-13-19/h4,6-13H,1,5,15H2,2-3H3. The number of hydrogen-bond donors (Lipinski definition) is 0. The van der Waals surface area contributed by atoms with Crippen LogP contribution in [0.3, 0.4) is 0 Å². The molecular formula is C20H21NO3S. The summed E-state index contributed by atoms with van der Waals surface area (Å²) in [5.41, 5.74) is 1.63. The Kier molecular flexibility index (Phi) is 6.26. The summed E-state index contributed by atoms with van der Waals surface area (Å²) in [4.78, 5) is 0.219. The first-order valence-electron chi connectivity index (χ1n) is 7.84. The molecule has 0 bridgehead atoms. The van der Waals surface area contributed by atoms with Crippen molar-refractivity contribution in [2.45, 2.75) is 18.2 Å².